The van der Waals surface area contributed by atoms with Crippen LogP contribution in [0.1, 0.15) is 48.2 Å². The molecule has 1 saturated heterocycles. The van der Waals surface area contributed by atoms with Gasteiger partial charge in [-0.2, -0.15) is 0 Å². The number of nitrogens with one attached hydrogen (secondary N) is 2. The average Bonchev–Trinajstić information content (AvgIpc) is 2.78. The van der Waals surface area contributed by atoms with Gasteiger partial charge >= 0.3 is 6.09 Å². The second-order valence-corrected chi connectivity index (χ2v) is 9.56. The molecule has 36 heavy (non-hydrogen) atoms. The Morgan fingerprint density at radius 1 is 1.19 bits per heavy atom. The minimum Gasteiger partial charge on any atom is -0.443 e. The predicted molar refractivity (Wildman–Crippen MR) is 129 cm³/mol. The number of nitrogens with zero attached hydrogens (tertiary/aromatic N) is 1. The number of hydrogen-bond acceptors (Lipinski definition) is 4. The number of benzene rings is 2. The summed E-state index contributed by atoms with van der Waals surface area (Å²) >= 11 is 5.84. The maximum absolute atomic E-state index is 14.3. The minimum absolute atomic E-state index is 0.0140. The number of amides is 3. The van der Waals surface area contributed by atoms with Gasteiger partial charge in [0.25, 0.3) is 11.8 Å². The van der Waals surface area contributed by atoms with Crippen molar-refractivity contribution in [3.8, 4) is 0 Å². The number of halogens is 4. The number of carbonyl (C=O) groups excluding carboxylic acids is 3. The van der Waals surface area contributed by atoms with E-state index in [1.54, 1.807) is 12.1 Å². The number of carbonyl (C=O) groups is 3. The number of likely N-dealkylation sites (tertiary alicyclic amines) is 1. The van der Waals surface area contributed by atoms with Crippen molar-refractivity contribution < 1.29 is 32.3 Å². The zero-order valence-electron chi connectivity index (χ0n) is 20.3. The molecule has 0 radical (unpaired) electrons. The van der Waals surface area contributed by atoms with Gasteiger partial charge in [-0.3, -0.25) is 9.59 Å². The van der Waals surface area contributed by atoms with E-state index in [4.69, 9.17) is 16.3 Å². The Kier molecular flexibility index (Phi) is 7.88. The van der Waals surface area contributed by atoms with E-state index < -0.39 is 41.7 Å². The van der Waals surface area contributed by atoms with E-state index in [2.05, 4.69) is 10.6 Å². The highest BCUT2D eigenvalue weighted by Crippen LogP contribution is 2.40. The quantitative estimate of drug-likeness (QED) is 0.535. The number of ether oxygens (including phenoxy) is 1. The molecular weight excluding hydrogens is 499 g/mol. The maximum atomic E-state index is 14.3. The van der Waals surface area contributed by atoms with E-state index in [0.717, 1.165) is 22.6 Å². The third kappa shape index (κ3) is 5.59. The fourth-order valence-corrected chi connectivity index (χ4v) is 4.27. The molecular formula is C25H27ClF3N3O4. The molecule has 1 aliphatic heterocycles. The number of anilines is 1. The summed E-state index contributed by atoms with van der Waals surface area (Å²) in [6.45, 7) is 3.09. The second kappa shape index (κ2) is 10.4. The van der Waals surface area contributed by atoms with Gasteiger partial charge < -0.3 is 20.3 Å². The van der Waals surface area contributed by atoms with Crippen LogP contribution in [-0.2, 0) is 14.9 Å². The minimum atomic E-state index is -3.20. The van der Waals surface area contributed by atoms with Gasteiger partial charge in [-0.25, -0.2) is 18.0 Å². The van der Waals surface area contributed by atoms with Crippen molar-refractivity contribution in [3.05, 3.63) is 63.9 Å². The van der Waals surface area contributed by atoms with Gasteiger partial charge in [-0.15, -0.1) is 0 Å². The third-order valence-electron chi connectivity index (χ3n) is 5.94. The Morgan fingerprint density at radius 2 is 1.83 bits per heavy atom. The van der Waals surface area contributed by atoms with Crippen LogP contribution in [0.4, 0.5) is 23.7 Å². The van der Waals surface area contributed by atoms with Crippen molar-refractivity contribution >= 4 is 35.2 Å². The SMILES string of the molecule is CNC(=O)c1cc(Cl)c(F)cc1NC(=O)C1(c2ccccc2C(C)C)CN(C(=O)OCC(C)(F)F)C1. The lowest BCUT2D eigenvalue weighted by Gasteiger charge is -2.49. The Balaban J connectivity index is 1.98. The summed E-state index contributed by atoms with van der Waals surface area (Å²) in [5, 5.41) is 4.74. The first-order valence-corrected chi connectivity index (χ1v) is 11.6. The molecule has 0 aromatic heterocycles. The van der Waals surface area contributed by atoms with Crippen LogP contribution in [-0.4, -0.2) is 55.5 Å². The fraction of sp³-hybridized carbons (Fsp3) is 0.400. The van der Waals surface area contributed by atoms with Gasteiger partial charge in [-0.1, -0.05) is 49.7 Å². The molecule has 7 nitrogen and oxygen atoms in total. The van der Waals surface area contributed by atoms with Crippen LogP contribution >= 0.6 is 11.6 Å². The van der Waals surface area contributed by atoms with Gasteiger partial charge in [0.2, 0.25) is 5.91 Å². The first-order valence-electron chi connectivity index (χ1n) is 11.2. The smallest absolute Gasteiger partial charge is 0.410 e. The van der Waals surface area contributed by atoms with E-state index in [9.17, 15) is 27.6 Å². The van der Waals surface area contributed by atoms with E-state index in [0.29, 0.717) is 12.5 Å². The van der Waals surface area contributed by atoms with Crippen molar-refractivity contribution in [3.63, 3.8) is 0 Å². The number of rotatable bonds is 7. The molecule has 0 aliphatic carbocycles. The van der Waals surface area contributed by atoms with E-state index in [-0.39, 0.29) is 35.3 Å². The van der Waals surface area contributed by atoms with Crippen LogP contribution in [0.25, 0.3) is 0 Å². The summed E-state index contributed by atoms with van der Waals surface area (Å²) in [7, 11) is 1.38. The summed E-state index contributed by atoms with van der Waals surface area (Å²) in [4.78, 5) is 39.6. The van der Waals surface area contributed by atoms with Crippen LogP contribution < -0.4 is 10.6 Å². The van der Waals surface area contributed by atoms with Crippen molar-refractivity contribution in [1.29, 1.82) is 0 Å². The first kappa shape index (κ1) is 27.3. The summed E-state index contributed by atoms with van der Waals surface area (Å²) in [5.74, 6) is -5.22. The predicted octanol–water partition coefficient (Wildman–Crippen LogP) is 4.95. The van der Waals surface area contributed by atoms with E-state index >= 15 is 0 Å². The van der Waals surface area contributed by atoms with Crippen molar-refractivity contribution in [2.24, 2.45) is 0 Å². The first-order chi connectivity index (χ1) is 16.8. The summed E-state index contributed by atoms with van der Waals surface area (Å²) in [6, 6.07) is 9.21. The van der Waals surface area contributed by atoms with E-state index in [1.807, 2.05) is 26.0 Å². The Morgan fingerprint density at radius 3 is 2.42 bits per heavy atom. The monoisotopic (exact) mass is 525 g/mol. The molecule has 0 atom stereocenters. The molecule has 2 aromatic rings. The van der Waals surface area contributed by atoms with Crippen molar-refractivity contribution in [1.82, 2.24) is 10.2 Å². The summed E-state index contributed by atoms with van der Waals surface area (Å²) < 4.78 is 45.3. The number of hydrogen-bond donors (Lipinski definition) is 2. The molecule has 3 rings (SSSR count). The van der Waals surface area contributed by atoms with Crippen LogP contribution in [0.3, 0.4) is 0 Å². The maximum Gasteiger partial charge on any atom is 0.410 e. The zero-order chi connectivity index (χ0) is 26.8. The molecule has 2 aromatic carbocycles. The van der Waals surface area contributed by atoms with Gasteiger partial charge in [0.1, 0.15) is 11.2 Å². The lowest BCUT2D eigenvalue weighted by atomic mass is 9.70. The normalized spacial score (nSPS) is 14.8. The van der Waals surface area contributed by atoms with Gasteiger partial charge in [0.15, 0.2) is 6.61 Å². The Hall–Kier alpha value is -3.27. The van der Waals surface area contributed by atoms with Crippen molar-refractivity contribution in [2.45, 2.75) is 38.0 Å². The summed E-state index contributed by atoms with van der Waals surface area (Å²) in [6.07, 6.45) is -0.981. The molecule has 1 heterocycles. The highest BCUT2D eigenvalue weighted by Gasteiger charge is 2.54. The lowest BCUT2D eigenvalue weighted by molar-refractivity contribution is -0.127. The van der Waals surface area contributed by atoms with Gasteiger partial charge in [0.05, 0.1) is 16.3 Å². The molecule has 1 fully saturated rings. The van der Waals surface area contributed by atoms with Crippen LogP contribution in [0.5, 0.6) is 0 Å². The zero-order valence-corrected chi connectivity index (χ0v) is 21.0. The second-order valence-electron chi connectivity index (χ2n) is 9.15. The van der Waals surface area contributed by atoms with Gasteiger partial charge in [-0.05, 0) is 29.2 Å². The molecule has 1 aliphatic rings. The molecule has 0 saturated carbocycles. The van der Waals surface area contributed by atoms with Crippen LogP contribution in [0, 0.1) is 5.82 Å². The highest BCUT2D eigenvalue weighted by molar-refractivity contribution is 6.31. The topological polar surface area (TPSA) is 87.7 Å². The molecule has 3 amide bonds. The fourth-order valence-electron chi connectivity index (χ4n) is 4.10. The lowest BCUT2D eigenvalue weighted by Crippen LogP contribution is -2.66. The highest BCUT2D eigenvalue weighted by atomic mass is 35.5. The van der Waals surface area contributed by atoms with Gasteiger partial charge in [0, 0.05) is 27.1 Å². The van der Waals surface area contributed by atoms with Crippen LogP contribution in [0.2, 0.25) is 5.02 Å². The molecule has 2 N–H and O–H groups in total. The number of alkyl halides is 2. The molecule has 0 unspecified atom stereocenters. The molecule has 0 spiro atoms. The molecule has 0 bridgehead atoms. The Bertz CT molecular complexity index is 1180. The van der Waals surface area contributed by atoms with Crippen molar-refractivity contribution in [2.75, 3.05) is 32.1 Å². The standard InChI is InChI=1S/C25H27ClF3N3O4/c1-14(2)15-7-5-6-8-17(15)25(11-32(12-25)23(35)36-13-24(3,28)29)22(34)31-20-10-19(27)18(26)9-16(20)21(33)30-4/h5-10,14H,11-13H2,1-4H3,(H,30,33)(H,31,34). The molecule has 11 heteroatoms. The van der Waals surface area contributed by atoms with Crippen LogP contribution in [0.15, 0.2) is 36.4 Å². The summed E-state index contributed by atoms with van der Waals surface area (Å²) in [5.41, 5.74) is 0.0116. The molecule has 194 valence electrons. The Labute approximate surface area is 211 Å². The largest absolute Gasteiger partial charge is 0.443 e. The van der Waals surface area contributed by atoms with E-state index in [1.165, 1.54) is 7.05 Å². The third-order valence-corrected chi connectivity index (χ3v) is 6.23. The average molecular weight is 526 g/mol.